The van der Waals surface area contributed by atoms with Crippen molar-refractivity contribution in [3.05, 3.63) is 53.5 Å². The highest BCUT2D eigenvalue weighted by Gasteiger charge is 2.05. The van der Waals surface area contributed by atoms with Crippen LogP contribution in [0.15, 0.2) is 58.3 Å². The largest absolute Gasteiger partial charge is 0.144 e. The van der Waals surface area contributed by atoms with E-state index in [-0.39, 0.29) is 0 Å². The summed E-state index contributed by atoms with van der Waals surface area (Å²) in [7, 11) is 0. The lowest BCUT2D eigenvalue weighted by Crippen LogP contribution is -1.80. The van der Waals surface area contributed by atoms with Gasteiger partial charge in [0.2, 0.25) is 0 Å². The third-order valence-corrected chi connectivity index (χ3v) is 3.29. The molecule has 2 aromatic rings. The highest BCUT2D eigenvalue weighted by atomic mass is 32.1. The topological polar surface area (TPSA) is 38.8 Å². The van der Waals surface area contributed by atoms with Crippen LogP contribution in [0.2, 0.25) is 0 Å². The molecule has 0 saturated heterocycles. The Morgan fingerprint density at radius 2 is 1.75 bits per heavy atom. The van der Waals surface area contributed by atoms with Crippen LogP contribution in [0.1, 0.15) is 5.56 Å². The summed E-state index contributed by atoms with van der Waals surface area (Å²) in [6.45, 7) is 0. The van der Waals surface area contributed by atoms with Crippen LogP contribution in [0.5, 0.6) is 0 Å². The van der Waals surface area contributed by atoms with Gasteiger partial charge in [0.1, 0.15) is 5.70 Å². The van der Waals surface area contributed by atoms with Gasteiger partial charge in [-0.1, -0.05) is 30.3 Å². The summed E-state index contributed by atoms with van der Waals surface area (Å²) >= 11 is 1.74. The second-order valence-electron chi connectivity index (χ2n) is 3.37. The van der Waals surface area contributed by atoms with Crippen LogP contribution in [-0.2, 0) is 0 Å². The number of nitrogens with zero attached hydrogens (tertiary/aromatic N) is 3. The molecule has 1 aliphatic rings. The summed E-state index contributed by atoms with van der Waals surface area (Å²) in [5, 5.41) is 9.57. The van der Waals surface area contributed by atoms with E-state index in [2.05, 4.69) is 45.4 Å². The van der Waals surface area contributed by atoms with Gasteiger partial charge in [-0.3, -0.25) is 0 Å². The fourth-order valence-electron chi connectivity index (χ4n) is 1.56. The maximum Gasteiger partial charge on any atom is 0.115 e. The van der Waals surface area contributed by atoms with Crippen LogP contribution in [0.4, 0.5) is 0 Å². The van der Waals surface area contributed by atoms with Crippen molar-refractivity contribution >= 4 is 17.0 Å². The monoisotopic (exact) mass is 226 g/mol. The maximum absolute atomic E-state index is 3.92. The van der Waals surface area contributed by atoms with E-state index in [1.807, 2.05) is 12.1 Å². The third-order valence-electron chi connectivity index (χ3n) is 2.37. The van der Waals surface area contributed by atoms with Gasteiger partial charge in [-0.05, 0) is 22.2 Å². The van der Waals surface area contributed by atoms with Crippen molar-refractivity contribution in [3.8, 4) is 10.4 Å². The van der Waals surface area contributed by atoms with E-state index in [9.17, 15) is 0 Å². The van der Waals surface area contributed by atoms with Gasteiger partial charge in [-0.2, -0.15) is 0 Å². The minimum atomic E-state index is 0.817. The molecule has 0 aliphatic carbocycles. The van der Waals surface area contributed by atoms with Gasteiger partial charge in [-0.25, -0.2) is 0 Å². The van der Waals surface area contributed by atoms with Crippen molar-refractivity contribution in [1.82, 2.24) is 5.43 Å². The van der Waals surface area contributed by atoms with Gasteiger partial charge in [0.25, 0.3) is 0 Å². The van der Waals surface area contributed by atoms with Gasteiger partial charge in [0.15, 0.2) is 0 Å². The Morgan fingerprint density at radius 1 is 0.938 bits per heavy atom. The molecule has 1 aromatic heterocycles. The Morgan fingerprint density at radius 3 is 2.38 bits per heavy atom. The Hall–Kier alpha value is -1.94. The van der Waals surface area contributed by atoms with Crippen molar-refractivity contribution in [2.24, 2.45) is 10.3 Å². The minimum Gasteiger partial charge on any atom is -0.144 e. The van der Waals surface area contributed by atoms with Crippen molar-refractivity contribution in [2.45, 2.75) is 0 Å². The zero-order valence-corrected chi connectivity index (χ0v) is 9.19. The first-order chi connectivity index (χ1) is 7.93. The lowest BCUT2D eigenvalue weighted by molar-refractivity contribution is 0.906. The molecule has 3 rings (SSSR count). The number of hydrogen-bond donors (Lipinski definition) is 0. The zero-order valence-electron chi connectivity index (χ0n) is 8.37. The molecule has 4 heteroatoms. The Labute approximate surface area is 97.1 Å². The third kappa shape index (κ3) is 1.63. The standard InChI is InChI=1S/C12H8N3S/c1-2-12(16-7-1)10-5-3-9(4-6-10)11-8-13-15-14-11/h1-8H. The maximum atomic E-state index is 3.92. The molecule has 1 aromatic carbocycles. The van der Waals surface area contributed by atoms with Gasteiger partial charge in [-0.15, -0.1) is 21.9 Å². The molecule has 0 fully saturated rings. The van der Waals surface area contributed by atoms with E-state index in [1.165, 1.54) is 10.4 Å². The average molecular weight is 226 g/mol. The molecule has 0 amide bonds. The lowest BCUT2D eigenvalue weighted by atomic mass is 10.1. The minimum absolute atomic E-state index is 0.817. The van der Waals surface area contributed by atoms with Crippen LogP contribution >= 0.6 is 11.3 Å². The normalized spacial score (nSPS) is 13.6. The number of rotatable bonds is 2. The van der Waals surface area contributed by atoms with Crippen LogP contribution in [0, 0.1) is 0 Å². The quantitative estimate of drug-likeness (QED) is 0.749. The number of thiophene rings is 1. The molecular weight excluding hydrogens is 218 g/mol. The fourth-order valence-corrected chi connectivity index (χ4v) is 2.29. The van der Waals surface area contributed by atoms with E-state index in [0.717, 1.165) is 11.3 Å². The molecular formula is C12H8N3S. The van der Waals surface area contributed by atoms with Gasteiger partial charge in [0, 0.05) is 10.4 Å². The van der Waals surface area contributed by atoms with Gasteiger partial charge < -0.3 is 0 Å². The second kappa shape index (κ2) is 3.90. The van der Waals surface area contributed by atoms with Crippen LogP contribution in [-0.4, -0.2) is 0 Å². The molecule has 0 bridgehead atoms. The SMILES string of the molecule is C1=C(c2ccc(-c3cccs3)cc2)N=N[N]1. The zero-order chi connectivity index (χ0) is 10.8. The number of benzene rings is 1. The smallest absolute Gasteiger partial charge is 0.115 e. The molecule has 1 aliphatic heterocycles. The summed E-state index contributed by atoms with van der Waals surface area (Å²) < 4.78 is 0. The summed E-state index contributed by atoms with van der Waals surface area (Å²) in [6, 6.07) is 12.4. The highest BCUT2D eigenvalue weighted by Crippen LogP contribution is 2.27. The van der Waals surface area contributed by atoms with E-state index in [0.29, 0.717) is 0 Å². The summed E-state index contributed by atoms with van der Waals surface area (Å²) in [5.74, 6) is 0. The average Bonchev–Trinajstić information content (AvgIpc) is 3.03. The predicted molar refractivity (Wildman–Crippen MR) is 64.7 cm³/mol. The Kier molecular flexibility index (Phi) is 2.27. The van der Waals surface area contributed by atoms with Crippen molar-refractivity contribution in [3.63, 3.8) is 0 Å². The van der Waals surface area contributed by atoms with Crippen LogP contribution in [0.3, 0.4) is 0 Å². The van der Waals surface area contributed by atoms with E-state index in [1.54, 1.807) is 17.5 Å². The first-order valence-corrected chi connectivity index (χ1v) is 5.77. The van der Waals surface area contributed by atoms with E-state index in [4.69, 9.17) is 0 Å². The molecule has 77 valence electrons. The first-order valence-electron chi connectivity index (χ1n) is 4.89. The van der Waals surface area contributed by atoms with Crippen molar-refractivity contribution in [2.75, 3.05) is 0 Å². The summed E-state index contributed by atoms with van der Waals surface area (Å²) in [6.07, 6.45) is 1.67. The highest BCUT2D eigenvalue weighted by molar-refractivity contribution is 7.13. The van der Waals surface area contributed by atoms with Gasteiger partial charge in [0.05, 0.1) is 6.20 Å². The predicted octanol–water partition coefficient (Wildman–Crippen LogP) is 3.70. The summed E-state index contributed by atoms with van der Waals surface area (Å²) in [4.78, 5) is 1.28. The van der Waals surface area contributed by atoms with Crippen molar-refractivity contribution in [1.29, 1.82) is 0 Å². The molecule has 0 spiro atoms. The van der Waals surface area contributed by atoms with Crippen molar-refractivity contribution < 1.29 is 0 Å². The van der Waals surface area contributed by atoms with E-state index >= 15 is 0 Å². The molecule has 0 saturated carbocycles. The first kappa shape index (κ1) is 9.30. The molecule has 16 heavy (non-hydrogen) atoms. The molecule has 2 heterocycles. The molecule has 1 radical (unpaired) electrons. The fraction of sp³-hybridized carbons (Fsp3) is 0. The number of hydrogen-bond acceptors (Lipinski definition) is 3. The molecule has 3 nitrogen and oxygen atoms in total. The Bertz CT molecular complexity index is 538. The Balaban J connectivity index is 1.93. The van der Waals surface area contributed by atoms with E-state index < -0.39 is 0 Å². The second-order valence-corrected chi connectivity index (χ2v) is 4.32. The van der Waals surface area contributed by atoms with Gasteiger partial charge >= 0.3 is 0 Å². The molecule has 0 unspecified atom stereocenters. The summed E-state index contributed by atoms with van der Waals surface area (Å²) in [5.41, 5.74) is 6.80. The molecule has 0 atom stereocenters. The van der Waals surface area contributed by atoms with Crippen LogP contribution < -0.4 is 5.43 Å². The molecule has 0 N–H and O–H groups in total. The lowest BCUT2D eigenvalue weighted by Gasteiger charge is -2.00. The van der Waals surface area contributed by atoms with Crippen LogP contribution in [0.25, 0.3) is 16.1 Å².